The topological polar surface area (TPSA) is 6.25 Å². The molecule has 1 unspecified atom stereocenters. The number of nitrogens with zero attached hydrogens (tertiary/aromatic N) is 2. The number of likely N-dealkylation sites (tertiary alicyclic amines) is 1. The van der Waals surface area contributed by atoms with Gasteiger partial charge in [-0.15, -0.1) is 0 Å². The Labute approximate surface area is 110 Å². The van der Waals surface area contributed by atoms with Gasteiger partial charge in [-0.25, -0.2) is 0 Å². The van der Waals surface area contributed by atoms with Crippen LogP contribution in [0.25, 0.3) is 0 Å². The highest BCUT2D eigenvalue weighted by Gasteiger charge is 2.59. The van der Waals surface area contributed by atoms with Crippen LogP contribution in [-0.4, -0.2) is 35.4 Å². The highest BCUT2D eigenvalue weighted by atomic mass is 15.3. The molecule has 2 nitrogen and oxygen atoms in total. The largest absolute Gasteiger partial charge is 0.265 e. The molecule has 96 valence electrons. The van der Waals surface area contributed by atoms with Crippen LogP contribution in [0.4, 0.5) is 0 Å². The molecule has 1 aromatic rings. The van der Waals surface area contributed by atoms with Crippen LogP contribution in [0.15, 0.2) is 30.3 Å². The van der Waals surface area contributed by atoms with E-state index in [2.05, 4.69) is 60.7 Å². The average Bonchev–Trinajstić information content (AvgIpc) is 2.83. The molecule has 0 aliphatic carbocycles. The zero-order chi connectivity index (χ0) is 12.8. The standard InChI is InChI=1S/C16H23N2/c1-16(2)14(13-9-5-4-6-10-13)17(3)15(16)18-11-7-8-12-18/h4-6,9-10,14H,7-8,11-12H2,1-3H3/q+1. The quantitative estimate of drug-likeness (QED) is 0.687. The molecule has 0 radical (unpaired) electrons. The Hall–Kier alpha value is -1.31. The van der Waals surface area contributed by atoms with Gasteiger partial charge in [-0.2, -0.15) is 0 Å². The zero-order valence-electron chi connectivity index (χ0n) is 11.7. The maximum Gasteiger partial charge on any atom is 0.257 e. The van der Waals surface area contributed by atoms with E-state index in [1.807, 2.05) is 0 Å². The summed E-state index contributed by atoms with van der Waals surface area (Å²) < 4.78 is 2.58. The maximum absolute atomic E-state index is 2.58. The summed E-state index contributed by atoms with van der Waals surface area (Å²) >= 11 is 0. The first-order valence-corrected chi connectivity index (χ1v) is 7.02. The Kier molecular flexibility index (Phi) is 2.69. The van der Waals surface area contributed by atoms with Crippen molar-refractivity contribution in [1.29, 1.82) is 0 Å². The minimum atomic E-state index is 0.264. The Balaban J connectivity index is 1.95. The number of benzene rings is 1. The van der Waals surface area contributed by atoms with Gasteiger partial charge in [-0.1, -0.05) is 30.3 Å². The van der Waals surface area contributed by atoms with Crippen molar-refractivity contribution < 1.29 is 4.58 Å². The molecule has 1 atom stereocenters. The number of amidine groups is 1. The van der Waals surface area contributed by atoms with Crippen LogP contribution in [0.2, 0.25) is 0 Å². The second-order valence-electron chi connectivity index (χ2n) is 6.16. The highest BCUT2D eigenvalue weighted by molar-refractivity contribution is 5.90. The highest BCUT2D eigenvalue weighted by Crippen LogP contribution is 2.49. The summed E-state index contributed by atoms with van der Waals surface area (Å²) in [7, 11) is 2.25. The van der Waals surface area contributed by atoms with Crippen molar-refractivity contribution in [2.24, 2.45) is 5.41 Å². The molecule has 18 heavy (non-hydrogen) atoms. The van der Waals surface area contributed by atoms with Gasteiger partial charge in [0.05, 0.1) is 20.1 Å². The first-order chi connectivity index (χ1) is 8.62. The van der Waals surface area contributed by atoms with Gasteiger partial charge in [0.25, 0.3) is 5.84 Å². The molecule has 1 aromatic carbocycles. The van der Waals surface area contributed by atoms with Gasteiger partial charge < -0.3 is 0 Å². The fourth-order valence-electron chi connectivity index (χ4n) is 3.95. The normalized spacial score (nSPS) is 26.4. The lowest BCUT2D eigenvalue weighted by Crippen LogP contribution is -2.62. The lowest BCUT2D eigenvalue weighted by atomic mass is 9.70. The van der Waals surface area contributed by atoms with Crippen LogP contribution in [0.3, 0.4) is 0 Å². The summed E-state index contributed by atoms with van der Waals surface area (Å²) in [6.07, 6.45) is 2.70. The van der Waals surface area contributed by atoms with Crippen molar-refractivity contribution in [1.82, 2.24) is 4.90 Å². The van der Waals surface area contributed by atoms with Gasteiger partial charge in [0.1, 0.15) is 11.5 Å². The van der Waals surface area contributed by atoms with Gasteiger partial charge in [-0.3, -0.25) is 9.48 Å². The van der Waals surface area contributed by atoms with E-state index in [9.17, 15) is 0 Å². The molecule has 0 amide bonds. The Bertz CT molecular complexity index is 465. The molecular weight excluding hydrogens is 220 g/mol. The molecule has 0 N–H and O–H groups in total. The van der Waals surface area contributed by atoms with Gasteiger partial charge >= 0.3 is 0 Å². The summed E-state index contributed by atoms with van der Waals surface area (Å²) in [5, 5.41) is 0. The van der Waals surface area contributed by atoms with Crippen LogP contribution in [-0.2, 0) is 0 Å². The first-order valence-electron chi connectivity index (χ1n) is 7.02. The predicted molar refractivity (Wildman–Crippen MR) is 75.0 cm³/mol. The molecule has 2 saturated heterocycles. The predicted octanol–water partition coefficient (Wildman–Crippen LogP) is 2.90. The third kappa shape index (κ3) is 1.58. The molecule has 2 aliphatic heterocycles. The van der Waals surface area contributed by atoms with E-state index in [0.29, 0.717) is 6.04 Å². The van der Waals surface area contributed by atoms with E-state index in [-0.39, 0.29) is 5.41 Å². The van der Waals surface area contributed by atoms with E-state index in [0.717, 1.165) is 0 Å². The van der Waals surface area contributed by atoms with Crippen molar-refractivity contribution in [2.45, 2.75) is 32.7 Å². The zero-order valence-corrected chi connectivity index (χ0v) is 11.7. The van der Waals surface area contributed by atoms with Crippen LogP contribution >= 0.6 is 0 Å². The number of hydrogen-bond donors (Lipinski definition) is 0. The second kappa shape index (κ2) is 4.11. The molecule has 3 rings (SSSR count). The Morgan fingerprint density at radius 3 is 2.28 bits per heavy atom. The van der Waals surface area contributed by atoms with Crippen LogP contribution in [0.5, 0.6) is 0 Å². The van der Waals surface area contributed by atoms with Crippen molar-refractivity contribution in [2.75, 3.05) is 20.1 Å². The molecule has 2 heterocycles. The van der Waals surface area contributed by atoms with E-state index in [4.69, 9.17) is 0 Å². The number of hydrogen-bond acceptors (Lipinski definition) is 0. The molecular formula is C16H23N2+. The van der Waals surface area contributed by atoms with Crippen LogP contribution in [0.1, 0.15) is 38.3 Å². The maximum atomic E-state index is 2.58. The smallest absolute Gasteiger partial charge is 0.257 e. The van der Waals surface area contributed by atoms with Crippen molar-refractivity contribution >= 4 is 5.84 Å². The summed E-state index contributed by atoms with van der Waals surface area (Å²) in [5.41, 5.74) is 1.70. The fraction of sp³-hybridized carbons (Fsp3) is 0.562. The Morgan fingerprint density at radius 1 is 1.11 bits per heavy atom. The summed E-state index contributed by atoms with van der Waals surface area (Å²) in [4.78, 5) is 2.47. The van der Waals surface area contributed by atoms with Crippen molar-refractivity contribution in [3.05, 3.63) is 35.9 Å². The van der Waals surface area contributed by atoms with Gasteiger partial charge in [0, 0.05) is 0 Å². The lowest BCUT2D eigenvalue weighted by Gasteiger charge is -2.48. The first kappa shape index (κ1) is 11.8. The van der Waals surface area contributed by atoms with Crippen LogP contribution in [0, 0.1) is 5.41 Å². The Morgan fingerprint density at radius 2 is 1.72 bits per heavy atom. The molecule has 0 spiro atoms. The summed E-state index contributed by atoms with van der Waals surface area (Å²) in [6.45, 7) is 7.26. The van der Waals surface area contributed by atoms with Gasteiger partial charge in [-0.05, 0) is 32.3 Å². The van der Waals surface area contributed by atoms with Crippen molar-refractivity contribution in [3.8, 4) is 0 Å². The third-order valence-electron chi connectivity index (χ3n) is 4.50. The van der Waals surface area contributed by atoms with E-state index < -0.39 is 0 Å². The third-order valence-corrected chi connectivity index (χ3v) is 4.50. The number of rotatable bonds is 1. The molecule has 2 fully saturated rings. The monoisotopic (exact) mass is 243 g/mol. The minimum absolute atomic E-state index is 0.264. The summed E-state index contributed by atoms with van der Waals surface area (Å²) in [6, 6.07) is 11.4. The van der Waals surface area contributed by atoms with Crippen molar-refractivity contribution in [3.63, 3.8) is 0 Å². The molecule has 0 bridgehead atoms. The van der Waals surface area contributed by atoms with Crippen LogP contribution < -0.4 is 0 Å². The molecule has 2 heteroatoms. The summed E-state index contributed by atoms with van der Waals surface area (Å²) in [5.74, 6) is 1.54. The van der Waals surface area contributed by atoms with E-state index >= 15 is 0 Å². The van der Waals surface area contributed by atoms with E-state index in [1.54, 1.807) is 0 Å². The fourth-order valence-corrected chi connectivity index (χ4v) is 3.95. The van der Waals surface area contributed by atoms with E-state index in [1.165, 1.54) is 37.3 Å². The molecule has 0 aromatic heterocycles. The molecule has 0 saturated carbocycles. The minimum Gasteiger partial charge on any atom is -0.265 e. The average molecular weight is 243 g/mol. The van der Waals surface area contributed by atoms with Gasteiger partial charge in [0.2, 0.25) is 0 Å². The van der Waals surface area contributed by atoms with Gasteiger partial charge in [0.15, 0.2) is 0 Å². The molecule has 2 aliphatic rings. The lowest BCUT2D eigenvalue weighted by molar-refractivity contribution is -0.520. The second-order valence-corrected chi connectivity index (χ2v) is 6.16. The SMILES string of the molecule is CN1C(=[N+]2CCCC2)C(C)(C)C1c1ccccc1.